The Kier molecular flexibility index (Phi) is 11.7. The number of nitrogens with zero attached hydrogens (tertiary/aromatic N) is 3. The third-order valence-electron chi connectivity index (χ3n) is 7.89. The van der Waals surface area contributed by atoms with Crippen LogP contribution in [0.3, 0.4) is 0 Å². The fraction of sp³-hybridized carbons (Fsp3) is 0.464. The third kappa shape index (κ3) is 6.94. The molecule has 0 aromatic heterocycles. The summed E-state index contributed by atoms with van der Waals surface area (Å²) in [5.74, 6) is -11.1. The fourth-order valence-electron chi connectivity index (χ4n) is 5.60. The van der Waals surface area contributed by atoms with Crippen molar-refractivity contribution in [3.05, 3.63) is 23.5 Å². The van der Waals surface area contributed by atoms with Gasteiger partial charge in [-0.3, -0.25) is 43.4 Å². The number of carboxylic acid groups (broad SMARTS) is 1. The number of esters is 2. The van der Waals surface area contributed by atoms with Crippen LogP contribution in [-0.4, -0.2) is 110 Å². The quantitative estimate of drug-likeness (QED) is 0.0512. The van der Waals surface area contributed by atoms with E-state index in [9.17, 15) is 48.3 Å². The van der Waals surface area contributed by atoms with Crippen molar-refractivity contribution < 1.29 is 91.7 Å². The van der Waals surface area contributed by atoms with Gasteiger partial charge in [-0.2, -0.15) is 0 Å². The molecule has 21 heteroatoms. The maximum atomic E-state index is 15.8. The first kappa shape index (κ1) is 39.2. The number of carboxylic acids is 1. The van der Waals surface area contributed by atoms with Gasteiger partial charge in [-0.25, -0.2) is 9.18 Å². The number of halogens is 1. The predicted octanol–water partition coefficient (Wildman–Crippen LogP) is -5.51. The molecule has 3 heterocycles. The molecule has 1 aromatic rings. The molecule has 3 saturated heterocycles. The first-order valence-corrected chi connectivity index (χ1v) is 15.1. The number of β-lactam (4-membered cyclic amide) rings is 1. The monoisotopic (exact) mass is 716 g/mol. The minimum absolute atomic E-state index is 0. The molecule has 3 aliphatic heterocycles. The summed E-state index contributed by atoms with van der Waals surface area (Å²) in [5.41, 5.74) is -3.42. The normalized spacial score (nSPS) is 22.9. The van der Waals surface area contributed by atoms with E-state index in [0.717, 1.165) is 41.5 Å². The Bertz CT molecular complexity index is 1640. The van der Waals surface area contributed by atoms with Crippen molar-refractivity contribution in [2.24, 2.45) is 0 Å². The maximum Gasteiger partial charge on any atom is 1.00 e. The molecule has 0 saturated carbocycles. The van der Waals surface area contributed by atoms with E-state index in [2.05, 4.69) is 16.0 Å². The summed E-state index contributed by atoms with van der Waals surface area (Å²) < 4.78 is 24.1. The van der Waals surface area contributed by atoms with Crippen molar-refractivity contribution in [2.75, 3.05) is 19.6 Å². The van der Waals surface area contributed by atoms with Crippen molar-refractivity contribution in [1.82, 2.24) is 30.7 Å². The van der Waals surface area contributed by atoms with Crippen LogP contribution in [0, 0.1) is 5.82 Å². The zero-order valence-electron chi connectivity index (χ0n) is 27.1. The van der Waals surface area contributed by atoms with Crippen molar-refractivity contribution in [1.29, 1.82) is 0 Å². The van der Waals surface area contributed by atoms with Crippen molar-refractivity contribution in [2.45, 2.75) is 62.5 Å². The Labute approximate surface area is 304 Å². The van der Waals surface area contributed by atoms with E-state index in [1.54, 1.807) is 6.92 Å². The molecule has 3 N–H and O–H groups in total. The molecule has 3 aliphatic rings. The molecule has 0 radical (unpaired) electrons. The summed E-state index contributed by atoms with van der Waals surface area (Å²) in [7, 11) is 0. The van der Waals surface area contributed by atoms with Gasteiger partial charge >= 0.3 is 59.3 Å². The zero-order valence-corrected chi connectivity index (χ0v) is 29.9. The smallest absolute Gasteiger partial charge is 0.545 e. The first-order valence-electron chi connectivity index (χ1n) is 14.3. The summed E-state index contributed by atoms with van der Waals surface area (Å²) in [6.07, 6.45) is 0.242. The second-order valence-electron chi connectivity index (χ2n) is 11.2. The zero-order chi connectivity index (χ0) is 35.9. The van der Waals surface area contributed by atoms with Crippen molar-refractivity contribution >= 4 is 65.7 Å². The molecule has 0 aliphatic carbocycles. The van der Waals surface area contributed by atoms with Gasteiger partial charge in [0.2, 0.25) is 12.3 Å². The number of likely N-dealkylation sites (N-methyl/N-ethyl adjacent to an activating group) is 1. The minimum atomic E-state index is -2.65. The Morgan fingerprint density at radius 1 is 1.06 bits per heavy atom. The predicted molar refractivity (Wildman–Crippen MR) is 155 cm³/mol. The van der Waals surface area contributed by atoms with Gasteiger partial charge in [0.1, 0.15) is 23.3 Å². The molecule has 18 nitrogen and oxygen atoms in total. The van der Waals surface area contributed by atoms with E-state index in [1.165, 1.54) is 13.8 Å². The molecule has 49 heavy (non-hydrogen) atoms. The van der Waals surface area contributed by atoms with Gasteiger partial charge in [0.05, 0.1) is 10.7 Å². The molecule has 0 bridgehead atoms. The topological polar surface area (TPSA) is 241 Å². The number of carbonyl (C=O) groups is 9. The Balaban J connectivity index is 0.00000650. The van der Waals surface area contributed by atoms with Crippen LogP contribution in [0.25, 0.3) is 0 Å². The number of aliphatic carboxylic acids is 1. The number of piperazine rings is 1. The molecular formula is C28H30FN6NaO12S. The van der Waals surface area contributed by atoms with Gasteiger partial charge in [0, 0.05) is 45.1 Å². The summed E-state index contributed by atoms with van der Waals surface area (Å²) in [4.78, 5) is 116. The second kappa shape index (κ2) is 14.7. The van der Waals surface area contributed by atoms with Crippen molar-refractivity contribution in [3.8, 4) is 11.5 Å². The Hall–Kier alpha value is -4.27. The molecule has 0 spiro atoms. The summed E-state index contributed by atoms with van der Waals surface area (Å²) in [5, 5.41) is 18.5. The molecule has 4 atom stereocenters. The molecule has 4 rings (SSSR count). The van der Waals surface area contributed by atoms with E-state index in [0.29, 0.717) is 11.0 Å². The van der Waals surface area contributed by atoms with Gasteiger partial charge in [0.25, 0.3) is 5.91 Å². The summed E-state index contributed by atoms with van der Waals surface area (Å²) in [6.45, 7) is 6.01. The minimum Gasteiger partial charge on any atom is -0.545 e. The van der Waals surface area contributed by atoms with Crippen molar-refractivity contribution in [3.63, 3.8) is 0 Å². The summed E-state index contributed by atoms with van der Waals surface area (Å²) in [6, 6.07) is -3.48. The number of ether oxygens (including phenoxy) is 2. The van der Waals surface area contributed by atoms with E-state index in [-0.39, 0.29) is 55.6 Å². The van der Waals surface area contributed by atoms with Crippen LogP contribution in [0.15, 0.2) is 12.1 Å². The number of urea groups is 1. The number of hydrogen-bond acceptors (Lipinski definition) is 13. The number of amides is 7. The number of fused-ring (bicyclic) bond motifs is 1. The molecule has 1 unspecified atom stereocenters. The van der Waals surface area contributed by atoms with Crippen LogP contribution >= 0.6 is 11.8 Å². The Morgan fingerprint density at radius 2 is 1.65 bits per heavy atom. The maximum absolute atomic E-state index is 15.8. The number of thioether (sulfide) groups is 1. The molecule has 1 aromatic carbocycles. The number of nitrogens with one attached hydrogen (secondary N) is 3. The number of carbonyl (C=O) groups excluding carboxylic acids is 9. The van der Waals surface area contributed by atoms with Crippen LogP contribution in [-0.2, 0) is 38.4 Å². The average molecular weight is 717 g/mol. The number of imide groups is 1. The molecule has 7 amide bonds. The molecule has 3 fully saturated rings. The Morgan fingerprint density at radius 3 is 2.18 bits per heavy atom. The first-order chi connectivity index (χ1) is 22.4. The van der Waals surface area contributed by atoms with Crippen LogP contribution in [0.2, 0.25) is 0 Å². The van der Waals surface area contributed by atoms with E-state index >= 15 is 4.39 Å². The van der Waals surface area contributed by atoms with Crippen LogP contribution in [0.4, 0.5) is 9.18 Å². The molecular weight excluding hydrogens is 686 g/mol. The second-order valence-corrected chi connectivity index (χ2v) is 12.9. The third-order valence-corrected chi connectivity index (χ3v) is 9.49. The summed E-state index contributed by atoms with van der Waals surface area (Å²) >= 11 is 0.899. The fourth-order valence-corrected chi connectivity index (χ4v) is 7.30. The van der Waals surface area contributed by atoms with Gasteiger partial charge in [-0.15, -0.1) is 11.8 Å². The van der Waals surface area contributed by atoms with Crippen LogP contribution in [0.1, 0.15) is 46.2 Å². The van der Waals surface area contributed by atoms with Gasteiger partial charge in [0.15, 0.2) is 17.2 Å². The van der Waals surface area contributed by atoms with Gasteiger partial charge < -0.3 is 40.2 Å². The largest absolute Gasteiger partial charge is 1.00 e. The van der Waals surface area contributed by atoms with E-state index in [4.69, 9.17) is 9.47 Å². The number of benzene rings is 1. The molecule has 258 valence electrons. The SMILES string of the molecule is CCN1CCN(C(=O)NC(C(=O)N[C@@]2(C(=O)[O-])N3C(=O)[C@@H](NC=O)[C@H]3SC2(C)C)c2cc(OC(C)=O)c(OC(C)=O)cc2F)C(=O)C1=O.[Na+]. The standard InChI is InChI=1S/C28H31FN6O12S.Na/c1-6-33-7-8-34(23(42)22(33)41)26(45)31-18(14-9-16(46-12(2)37)17(10-15(14)29)47-13(3)38)20(39)32-28(25(43)44)27(4,5)48-24-19(30-11-36)21(40)35(24)28;/h9-11,18-19,24H,6-8H2,1-5H3,(H,30,36)(H,31,45)(H,32,39)(H,43,44);/q;+1/p-1/t18?,19-,24-,28+;/m1./s1. The van der Waals surface area contributed by atoms with E-state index < -0.39 is 98.3 Å². The van der Waals surface area contributed by atoms with E-state index in [1.807, 2.05) is 0 Å². The van der Waals surface area contributed by atoms with Crippen LogP contribution < -0.4 is 60.1 Å². The van der Waals surface area contributed by atoms with Gasteiger partial charge in [-0.1, -0.05) is 0 Å². The number of hydrogen-bond donors (Lipinski definition) is 3. The number of rotatable bonds is 10. The average Bonchev–Trinajstić information content (AvgIpc) is 3.20. The van der Waals surface area contributed by atoms with Crippen LogP contribution in [0.5, 0.6) is 11.5 Å². The van der Waals surface area contributed by atoms with Gasteiger partial charge in [-0.05, 0) is 26.8 Å².